The molecule has 0 radical (unpaired) electrons. The Morgan fingerprint density at radius 2 is 2.20 bits per heavy atom. The number of hydrogen-bond donors (Lipinski definition) is 1. The molecule has 0 spiro atoms. The van der Waals surface area contributed by atoms with Crippen molar-refractivity contribution < 1.29 is 4.39 Å². The first-order chi connectivity index (χ1) is 9.66. The van der Waals surface area contributed by atoms with E-state index in [4.69, 9.17) is 0 Å². The SMILES string of the molecule is CC(c1ccc(Br)cc1F)N1CCCC1C1CCCN1. The molecule has 0 saturated carbocycles. The predicted molar refractivity (Wildman–Crippen MR) is 83.3 cm³/mol. The van der Waals surface area contributed by atoms with Crippen molar-refractivity contribution in [1.29, 1.82) is 0 Å². The highest BCUT2D eigenvalue weighted by Crippen LogP contribution is 2.34. The molecule has 2 aliphatic heterocycles. The maximum atomic E-state index is 14.2. The molecular weight excluding hydrogens is 319 g/mol. The Bertz CT molecular complexity index is 474. The fourth-order valence-electron chi connectivity index (χ4n) is 3.79. The van der Waals surface area contributed by atoms with Crippen LogP contribution in [0.5, 0.6) is 0 Å². The predicted octanol–water partition coefficient (Wildman–Crippen LogP) is 3.87. The topological polar surface area (TPSA) is 15.3 Å². The lowest BCUT2D eigenvalue weighted by Crippen LogP contribution is -2.44. The highest BCUT2D eigenvalue weighted by molar-refractivity contribution is 9.10. The van der Waals surface area contributed by atoms with E-state index in [-0.39, 0.29) is 11.9 Å². The van der Waals surface area contributed by atoms with E-state index in [0.29, 0.717) is 12.1 Å². The molecule has 0 amide bonds. The maximum Gasteiger partial charge on any atom is 0.129 e. The van der Waals surface area contributed by atoms with Crippen LogP contribution in [0.15, 0.2) is 22.7 Å². The van der Waals surface area contributed by atoms with Gasteiger partial charge >= 0.3 is 0 Å². The van der Waals surface area contributed by atoms with E-state index in [9.17, 15) is 4.39 Å². The first-order valence-electron chi connectivity index (χ1n) is 7.61. The molecule has 2 nitrogen and oxygen atoms in total. The molecule has 1 aromatic rings. The molecule has 110 valence electrons. The van der Waals surface area contributed by atoms with Gasteiger partial charge in [0.25, 0.3) is 0 Å². The molecule has 2 aliphatic rings. The lowest BCUT2D eigenvalue weighted by Gasteiger charge is -2.34. The summed E-state index contributed by atoms with van der Waals surface area (Å²) < 4.78 is 15.0. The van der Waals surface area contributed by atoms with Crippen LogP contribution in [0.4, 0.5) is 4.39 Å². The van der Waals surface area contributed by atoms with Gasteiger partial charge < -0.3 is 5.32 Å². The van der Waals surface area contributed by atoms with Gasteiger partial charge in [-0.05, 0) is 57.8 Å². The van der Waals surface area contributed by atoms with Crippen LogP contribution in [-0.4, -0.2) is 30.1 Å². The van der Waals surface area contributed by atoms with Crippen LogP contribution in [0, 0.1) is 5.82 Å². The number of likely N-dealkylation sites (tertiary alicyclic amines) is 1. The van der Waals surface area contributed by atoms with Crippen LogP contribution in [-0.2, 0) is 0 Å². The van der Waals surface area contributed by atoms with Crippen molar-refractivity contribution in [3.63, 3.8) is 0 Å². The molecule has 20 heavy (non-hydrogen) atoms. The summed E-state index contributed by atoms with van der Waals surface area (Å²) in [6, 6.07) is 6.74. The fraction of sp³-hybridized carbons (Fsp3) is 0.625. The van der Waals surface area contributed by atoms with Gasteiger partial charge in [0.15, 0.2) is 0 Å². The first-order valence-corrected chi connectivity index (χ1v) is 8.40. The third-order valence-corrected chi connectivity index (χ3v) is 5.31. The maximum absolute atomic E-state index is 14.2. The molecule has 0 aliphatic carbocycles. The van der Waals surface area contributed by atoms with Crippen molar-refractivity contribution in [3.8, 4) is 0 Å². The van der Waals surface area contributed by atoms with Crippen LogP contribution in [0.3, 0.4) is 0 Å². The Kier molecular flexibility index (Phi) is 4.43. The monoisotopic (exact) mass is 340 g/mol. The van der Waals surface area contributed by atoms with Crippen molar-refractivity contribution in [1.82, 2.24) is 10.2 Å². The summed E-state index contributed by atoms with van der Waals surface area (Å²) in [4.78, 5) is 2.50. The molecule has 3 unspecified atom stereocenters. The van der Waals surface area contributed by atoms with Gasteiger partial charge in [-0.1, -0.05) is 22.0 Å². The zero-order valence-corrected chi connectivity index (χ0v) is 13.5. The van der Waals surface area contributed by atoms with Crippen LogP contribution in [0.1, 0.15) is 44.2 Å². The van der Waals surface area contributed by atoms with Gasteiger partial charge in [0.1, 0.15) is 5.82 Å². The minimum Gasteiger partial charge on any atom is -0.312 e. The van der Waals surface area contributed by atoms with Crippen molar-refractivity contribution in [2.24, 2.45) is 0 Å². The van der Waals surface area contributed by atoms with E-state index < -0.39 is 0 Å². The smallest absolute Gasteiger partial charge is 0.129 e. The Balaban J connectivity index is 1.79. The summed E-state index contributed by atoms with van der Waals surface area (Å²) in [5.74, 6) is -0.100. The number of nitrogens with zero attached hydrogens (tertiary/aromatic N) is 1. The number of rotatable bonds is 3. The summed E-state index contributed by atoms with van der Waals surface area (Å²) in [7, 11) is 0. The number of benzene rings is 1. The van der Waals surface area contributed by atoms with Gasteiger partial charge in [-0.3, -0.25) is 4.90 Å². The van der Waals surface area contributed by atoms with Crippen molar-refractivity contribution in [2.45, 2.75) is 50.7 Å². The molecular formula is C16H22BrFN2. The summed E-state index contributed by atoms with van der Waals surface area (Å²) in [6.45, 7) is 4.36. The second-order valence-corrected chi connectivity index (χ2v) is 6.91. The lowest BCUT2D eigenvalue weighted by atomic mass is 10.0. The normalized spacial score (nSPS) is 28.9. The Hall–Kier alpha value is -0.450. The van der Waals surface area contributed by atoms with Gasteiger partial charge in [-0.15, -0.1) is 0 Å². The summed E-state index contributed by atoms with van der Waals surface area (Å²) in [5, 5.41) is 3.62. The molecule has 3 atom stereocenters. The van der Waals surface area contributed by atoms with E-state index in [1.807, 2.05) is 12.1 Å². The summed E-state index contributed by atoms with van der Waals surface area (Å²) in [5.41, 5.74) is 0.818. The van der Waals surface area contributed by atoms with E-state index in [1.165, 1.54) is 25.7 Å². The third kappa shape index (κ3) is 2.78. The van der Waals surface area contributed by atoms with Gasteiger partial charge in [0, 0.05) is 28.2 Å². The lowest BCUT2D eigenvalue weighted by molar-refractivity contribution is 0.160. The molecule has 1 aromatic carbocycles. The second-order valence-electron chi connectivity index (χ2n) is 5.99. The molecule has 0 bridgehead atoms. The van der Waals surface area contributed by atoms with Crippen molar-refractivity contribution in [2.75, 3.05) is 13.1 Å². The molecule has 2 saturated heterocycles. The zero-order chi connectivity index (χ0) is 14.1. The molecule has 2 heterocycles. The molecule has 2 fully saturated rings. The Morgan fingerprint density at radius 1 is 1.35 bits per heavy atom. The van der Waals surface area contributed by atoms with Crippen LogP contribution < -0.4 is 5.32 Å². The molecule has 4 heteroatoms. The van der Waals surface area contributed by atoms with Gasteiger partial charge in [-0.2, -0.15) is 0 Å². The minimum absolute atomic E-state index is 0.100. The van der Waals surface area contributed by atoms with Crippen LogP contribution in [0.25, 0.3) is 0 Å². The standard InChI is InChI=1S/C16H22BrFN2/c1-11(13-7-6-12(17)10-14(13)18)20-9-3-5-16(20)15-4-2-8-19-15/h6-7,10-11,15-16,19H,2-5,8-9H2,1H3. The van der Waals surface area contributed by atoms with E-state index >= 15 is 0 Å². The largest absolute Gasteiger partial charge is 0.312 e. The number of halogens is 2. The van der Waals surface area contributed by atoms with E-state index in [1.54, 1.807) is 6.07 Å². The summed E-state index contributed by atoms with van der Waals surface area (Å²) >= 11 is 3.33. The molecule has 1 N–H and O–H groups in total. The van der Waals surface area contributed by atoms with Crippen molar-refractivity contribution in [3.05, 3.63) is 34.1 Å². The highest BCUT2D eigenvalue weighted by atomic mass is 79.9. The third-order valence-electron chi connectivity index (χ3n) is 4.82. The van der Waals surface area contributed by atoms with Crippen molar-refractivity contribution >= 4 is 15.9 Å². The number of nitrogens with one attached hydrogen (secondary N) is 1. The summed E-state index contributed by atoms with van der Waals surface area (Å²) in [6.07, 6.45) is 5.00. The minimum atomic E-state index is -0.100. The van der Waals surface area contributed by atoms with Crippen LogP contribution >= 0.6 is 15.9 Å². The fourth-order valence-corrected chi connectivity index (χ4v) is 4.12. The zero-order valence-electron chi connectivity index (χ0n) is 11.9. The second kappa shape index (κ2) is 6.12. The van der Waals surface area contributed by atoms with E-state index in [2.05, 4.69) is 33.1 Å². The van der Waals surface area contributed by atoms with Gasteiger partial charge in [0.2, 0.25) is 0 Å². The molecule has 3 rings (SSSR count). The van der Waals surface area contributed by atoms with E-state index in [0.717, 1.165) is 23.1 Å². The first kappa shape index (κ1) is 14.5. The number of hydrogen-bond acceptors (Lipinski definition) is 2. The molecule has 0 aromatic heterocycles. The average molecular weight is 341 g/mol. The Morgan fingerprint density at radius 3 is 2.90 bits per heavy atom. The van der Waals surface area contributed by atoms with Crippen LogP contribution in [0.2, 0.25) is 0 Å². The highest BCUT2D eigenvalue weighted by Gasteiger charge is 2.36. The average Bonchev–Trinajstić information content (AvgIpc) is 3.09. The van der Waals surface area contributed by atoms with Gasteiger partial charge in [-0.25, -0.2) is 4.39 Å². The van der Waals surface area contributed by atoms with Gasteiger partial charge in [0.05, 0.1) is 0 Å². The quantitative estimate of drug-likeness (QED) is 0.898. The Labute approximate surface area is 128 Å².